The third kappa shape index (κ3) is 4.35. The van der Waals surface area contributed by atoms with Crippen molar-refractivity contribution in [3.63, 3.8) is 0 Å². The average Bonchev–Trinajstić information content (AvgIpc) is 3.27. The number of hydrogen-bond donors (Lipinski definition) is 0. The van der Waals surface area contributed by atoms with Crippen LogP contribution in [0.1, 0.15) is 60.2 Å². The molecule has 9 heteroatoms. The number of aryl methyl sites for hydroxylation is 2. The number of likely N-dealkylation sites (N-methyl/N-ethyl adjacent to an activating group) is 1. The Morgan fingerprint density at radius 2 is 1.92 bits per heavy atom. The minimum atomic E-state index is -0.194. The SMILES string of the molecule is CCN(CC)Cc1nc2sc3c(c2c(=O)n1CC(=O)c1ccc2c(c1)N(CC)C(=O)CO2)CCCC3. The van der Waals surface area contributed by atoms with Crippen LogP contribution in [0, 0.1) is 0 Å². The quantitative estimate of drug-likeness (QED) is 0.430. The summed E-state index contributed by atoms with van der Waals surface area (Å²) in [4.78, 5) is 50.5. The van der Waals surface area contributed by atoms with E-state index in [1.54, 1.807) is 39.0 Å². The van der Waals surface area contributed by atoms with E-state index in [4.69, 9.17) is 9.72 Å². The van der Waals surface area contributed by atoms with Crippen molar-refractivity contribution in [3.05, 3.63) is 50.4 Å². The fraction of sp³-hybridized carbons (Fsp3) is 0.481. The van der Waals surface area contributed by atoms with Gasteiger partial charge in [0, 0.05) is 17.0 Å². The van der Waals surface area contributed by atoms with E-state index >= 15 is 0 Å². The molecule has 8 nitrogen and oxygen atoms in total. The number of Topliss-reactive ketones (excluding diaryl/α,β-unsaturated/α-hetero) is 1. The van der Waals surface area contributed by atoms with Gasteiger partial charge in [-0.1, -0.05) is 13.8 Å². The molecule has 3 heterocycles. The van der Waals surface area contributed by atoms with Crippen molar-refractivity contribution in [1.29, 1.82) is 0 Å². The highest BCUT2D eigenvalue weighted by Crippen LogP contribution is 2.35. The van der Waals surface area contributed by atoms with Crippen LogP contribution in [0.4, 0.5) is 5.69 Å². The number of nitrogens with zero attached hydrogens (tertiary/aromatic N) is 4. The van der Waals surface area contributed by atoms with Crippen molar-refractivity contribution in [3.8, 4) is 5.75 Å². The van der Waals surface area contributed by atoms with Gasteiger partial charge in [0.1, 0.15) is 16.4 Å². The largest absolute Gasteiger partial charge is 0.482 e. The molecule has 1 aromatic carbocycles. The van der Waals surface area contributed by atoms with Gasteiger partial charge in [0.25, 0.3) is 11.5 Å². The lowest BCUT2D eigenvalue weighted by Crippen LogP contribution is -2.38. The Hall–Kier alpha value is -3.04. The molecule has 5 rings (SSSR count). The summed E-state index contributed by atoms with van der Waals surface area (Å²) in [6.45, 7) is 8.59. The van der Waals surface area contributed by atoms with Crippen LogP contribution in [-0.4, -0.2) is 52.4 Å². The van der Waals surface area contributed by atoms with E-state index in [0.717, 1.165) is 49.2 Å². The maximum Gasteiger partial charge on any atom is 0.265 e. The second-order valence-electron chi connectivity index (χ2n) is 9.30. The van der Waals surface area contributed by atoms with Crippen LogP contribution in [0.5, 0.6) is 5.75 Å². The molecule has 190 valence electrons. The predicted molar refractivity (Wildman–Crippen MR) is 141 cm³/mol. The van der Waals surface area contributed by atoms with Gasteiger partial charge in [-0.15, -0.1) is 11.3 Å². The number of ketones is 1. The van der Waals surface area contributed by atoms with Gasteiger partial charge >= 0.3 is 0 Å². The minimum Gasteiger partial charge on any atom is -0.482 e. The Morgan fingerprint density at radius 3 is 2.67 bits per heavy atom. The van der Waals surface area contributed by atoms with Gasteiger partial charge in [0.05, 0.1) is 24.2 Å². The minimum absolute atomic E-state index is 0.00507. The number of carbonyl (C=O) groups is 2. The molecule has 2 aromatic heterocycles. The zero-order chi connectivity index (χ0) is 25.4. The van der Waals surface area contributed by atoms with Crippen LogP contribution in [-0.2, 0) is 30.7 Å². The first-order valence-corrected chi connectivity index (χ1v) is 13.6. The smallest absolute Gasteiger partial charge is 0.265 e. The Morgan fingerprint density at radius 1 is 1.14 bits per heavy atom. The Kier molecular flexibility index (Phi) is 6.94. The van der Waals surface area contributed by atoms with E-state index in [9.17, 15) is 14.4 Å². The van der Waals surface area contributed by atoms with Crippen LogP contribution >= 0.6 is 11.3 Å². The molecule has 3 aromatic rings. The molecule has 0 N–H and O–H groups in total. The maximum absolute atomic E-state index is 13.9. The number of thiophene rings is 1. The molecule has 0 unspecified atom stereocenters. The highest BCUT2D eigenvalue weighted by Gasteiger charge is 2.27. The standard InChI is InChI=1S/C27H32N4O4S/c1-4-29(5-2)15-23-28-26-25(18-9-7-8-10-22(18)36-26)27(34)31(23)14-20(32)17-11-12-21-19(13-17)30(6-3)24(33)16-35-21/h11-13H,4-10,14-16H2,1-3H3. The molecule has 1 aliphatic carbocycles. The highest BCUT2D eigenvalue weighted by atomic mass is 32.1. The number of aromatic nitrogens is 2. The van der Waals surface area contributed by atoms with Crippen LogP contribution in [0.25, 0.3) is 10.2 Å². The van der Waals surface area contributed by atoms with Crippen LogP contribution in [0.2, 0.25) is 0 Å². The third-order valence-corrected chi connectivity index (χ3v) is 8.44. The van der Waals surface area contributed by atoms with Gasteiger partial charge in [-0.3, -0.25) is 23.9 Å². The maximum atomic E-state index is 13.9. The van der Waals surface area contributed by atoms with Crippen molar-refractivity contribution >= 4 is 38.9 Å². The fourth-order valence-corrected chi connectivity index (χ4v) is 6.44. The molecule has 1 amide bonds. The Labute approximate surface area is 214 Å². The van der Waals surface area contributed by atoms with Gasteiger partial charge < -0.3 is 9.64 Å². The first kappa shape index (κ1) is 24.6. The monoisotopic (exact) mass is 508 g/mol. The third-order valence-electron chi connectivity index (χ3n) is 7.26. The van der Waals surface area contributed by atoms with Crippen LogP contribution in [0.15, 0.2) is 23.0 Å². The zero-order valence-corrected chi connectivity index (χ0v) is 21.9. The van der Waals surface area contributed by atoms with E-state index in [1.807, 2.05) is 6.92 Å². The molecular formula is C27H32N4O4S. The lowest BCUT2D eigenvalue weighted by Gasteiger charge is -2.28. The zero-order valence-electron chi connectivity index (χ0n) is 21.1. The summed E-state index contributed by atoms with van der Waals surface area (Å²) in [5.41, 5.74) is 2.04. The normalized spacial score (nSPS) is 15.2. The van der Waals surface area contributed by atoms with Gasteiger partial charge in [-0.05, 0) is 69.5 Å². The lowest BCUT2D eigenvalue weighted by molar-refractivity contribution is -0.121. The molecule has 36 heavy (non-hydrogen) atoms. The molecule has 0 radical (unpaired) electrons. The summed E-state index contributed by atoms with van der Waals surface area (Å²) >= 11 is 1.63. The molecule has 0 saturated heterocycles. The number of carbonyl (C=O) groups excluding carboxylic acids is 2. The summed E-state index contributed by atoms with van der Waals surface area (Å²) in [7, 11) is 0. The number of hydrogen-bond acceptors (Lipinski definition) is 7. The summed E-state index contributed by atoms with van der Waals surface area (Å²) in [5, 5.41) is 0.687. The lowest BCUT2D eigenvalue weighted by atomic mass is 9.97. The van der Waals surface area contributed by atoms with Crippen molar-refractivity contribution < 1.29 is 14.3 Å². The first-order valence-electron chi connectivity index (χ1n) is 12.8. The van der Waals surface area contributed by atoms with E-state index < -0.39 is 0 Å². The van der Waals surface area contributed by atoms with Crippen LogP contribution < -0.4 is 15.2 Å². The van der Waals surface area contributed by atoms with Crippen molar-refractivity contribution in [1.82, 2.24) is 14.5 Å². The topological polar surface area (TPSA) is 84.7 Å². The number of fused-ring (bicyclic) bond motifs is 4. The van der Waals surface area contributed by atoms with Crippen molar-refractivity contribution in [2.45, 2.75) is 59.5 Å². The second kappa shape index (κ2) is 10.1. The van der Waals surface area contributed by atoms with E-state index in [1.165, 1.54) is 4.88 Å². The molecule has 0 spiro atoms. The number of anilines is 1. The van der Waals surface area contributed by atoms with Gasteiger partial charge in [-0.25, -0.2) is 4.98 Å². The first-order chi connectivity index (χ1) is 17.4. The summed E-state index contributed by atoms with van der Waals surface area (Å²) in [6, 6.07) is 5.14. The molecule has 0 saturated carbocycles. The van der Waals surface area contributed by atoms with Gasteiger partial charge in [-0.2, -0.15) is 0 Å². The highest BCUT2D eigenvalue weighted by molar-refractivity contribution is 7.18. The van der Waals surface area contributed by atoms with Crippen LogP contribution in [0.3, 0.4) is 0 Å². The number of benzene rings is 1. The molecule has 0 bridgehead atoms. The number of ether oxygens (including phenoxy) is 1. The van der Waals surface area contributed by atoms with Crippen molar-refractivity contribution in [2.75, 3.05) is 31.1 Å². The van der Waals surface area contributed by atoms with Crippen molar-refractivity contribution in [2.24, 2.45) is 0 Å². The number of rotatable bonds is 8. The summed E-state index contributed by atoms with van der Waals surface area (Å²) in [5.74, 6) is 0.874. The molecule has 0 fully saturated rings. The average molecular weight is 509 g/mol. The fourth-order valence-electron chi connectivity index (χ4n) is 5.17. The predicted octanol–water partition coefficient (Wildman–Crippen LogP) is 3.81. The van der Waals surface area contributed by atoms with Gasteiger partial charge in [0.2, 0.25) is 0 Å². The second-order valence-corrected chi connectivity index (χ2v) is 10.4. The summed E-state index contributed by atoms with van der Waals surface area (Å²) in [6.07, 6.45) is 4.09. The molecule has 2 aliphatic rings. The summed E-state index contributed by atoms with van der Waals surface area (Å²) < 4.78 is 7.12. The molecule has 0 atom stereocenters. The number of amides is 1. The molecular weight excluding hydrogens is 476 g/mol. The Bertz CT molecular complexity index is 1390. The van der Waals surface area contributed by atoms with E-state index in [0.29, 0.717) is 41.3 Å². The van der Waals surface area contributed by atoms with E-state index in [-0.39, 0.29) is 30.4 Å². The molecule has 1 aliphatic heterocycles. The Balaban J connectivity index is 1.56. The van der Waals surface area contributed by atoms with E-state index in [2.05, 4.69) is 18.7 Å². The van der Waals surface area contributed by atoms with Gasteiger partial charge in [0.15, 0.2) is 12.4 Å².